The smallest absolute Gasteiger partial charge is 0.308 e. The van der Waals surface area contributed by atoms with Gasteiger partial charge in [-0.15, -0.1) is 0 Å². The van der Waals surface area contributed by atoms with Crippen LogP contribution in [-0.2, 0) is 19.0 Å². The van der Waals surface area contributed by atoms with Gasteiger partial charge in [0.1, 0.15) is 0 Å². The van der Waals surface area contributed by atoms with Crippen molar-refractivity contribution in [2.24, 2.45) is 5.92 Å². The molecule has 0 aliphatic heterocycles. The first-order valence-corrected chi connectivity index (χ1v) is 6.03. The molecule has 0 radical (unpaired) electrons. The molecule has 1 saturated carbocycles. The van der Waals surface area contributed by atoms with E-state index in [1.807, 2.05) is 13.8 Å². The maximum atomic E-state index is 11.6. The van der Waals surface area contributed by atoms with Gasteiger partial charge in [-0.3, -0.25) is 4.79 Å². The Bertz CT molecular complexity index is 219. The van der Waals surface area contributed by atoms with Crippen molar-refractivity contribution < 1.29 is 19.0 Å². The van der Waals surface area contributed by atoms with Gasteiger partial charge in [-0.2, -0.15) is 0 Å². The maximum Gasteiger partial charge on any atom is 0.308 e. The molecule has 94 valence electrons. The van der Waals surface area contributed by atoms with E-state index in [1.54, 1.807) is 7.11 Å². The molecular formula is C12H22O4. The lowest BCUT2D eigenvalue weighted by Crippen LogP contribution is -2.40. The molecule has 0 saturated heterocycles. The van der Waals surface area contributed by atoms with Gasteiger partial charge in [0.25, 0.3) is 0 Å². The molecule has 1 aliphatic carbocycles. The van der Waals surface area contributed by atoms with Crippen molar-refractivity contribution in [1.82, 2.24) is 0 Å². The van der Waals surface area contributed by atoms with Crippen LogP contribution in [0, 0.1) is 5.92 Å². The first kappa shape index (κ1) is 13.5. The minimum Gasteiger partial charge on any atom is -0.466 e. The van der Waals surface area contributed by atoms with Crippen LogP contribution in [0.25, 0.3) is 0 Å². The van der Waals surface area contributed by atoms with E-state index in [0.29, 0.717) is 13.2 Å². The van der Waals surface area contributed by atoms with E-state index in [0.717, 1.165) is 25.7 Å². The molecule has 0 atom stereocenters. The van der Waals surface area contributed by atoms with E-state index in [1.165, 1.54) is 0 Å². The third-order valence-electron chi connectivity index (χ3n) is 3.15. The first-order valence-electron chi connectivity index (χ1n) is 6.03. The Morgan fingerprint density at radius 1 is 1.25 bits per heavy atom. The fourth-order valence-corrected chi connectivity index (χ4v) is 2.22. The molecule has 0 unspecified atom stereocenters. The van der Waals surface area contributed by atoms with Gasteiger partial charge in [-0.25, -0.2) is 0 Å². The zero-order valence-electron chi connectivity index (χ0n) is 10.5. The SMILES string of the molecule is CCOC(=O)C1CCC(OC)(OCC)CC1. The summed E-state index contributed by atoms with van der Waals surface area (Å²) in [4.78, 5) is 11.6. The molecule has 1 aliphatic rings. The van der Waals surface area contributed by atoms with E-state index >= 15 is 0 Å². The highest BCUT2D eigenvalue weighted by Gasteiger charge is 2.38. The Balaban J connectivity index is 2.45. The van der Waals surface area contributed by atoms with Crippen molar-refractivity contribution in [1.29, 1.82) is 0 Å². The average molecular weight is 230 g/mol. The van der Waals surface area contributed by atoms with Crippen LogP contribution < -0.4 is 0 Å². The summed E-state index contributed by atoms with van der Waals surface area (Å²) in [5.74, 6) is -0.537. The van der Waals surface area contributed by atoms with Crippen molar-refractivity contribution in [3.05, 3.63) is 0 Å². The number of carbonyl (C=O) groups excluding carboxylic acids is 1. The van der Waals surface area contributed by atoms with Gasteiger partial charge in [0.15, 0.2) is 5.79 Å². The summed E-state index contributed by atoms with van der Waals surface area (Å²) in [5.41, 5.74) is 0. The fourth-order valence-electron chi connectivity index (χ4n) is 2.22. The summed E-state index contributed by atoms with van der Waals surface area (Å²) in [5, 5.41) is 0. The first-order chi connectivity index (χ1) is 7.67. The average Bonchev–Trinajstić information content (AvgIpc) is 2.30. The molecule has 0 aromatic heterocycles. The number of hydrogen-bond donors (Lipinski definition) is 0. The van der Waals surface area contributed by atoms with Gasteiger partial charge < -0.3 is 14.2 Å². The highest BCUT2D eigenvalue weighted by molar-refractivity contribution is 5.72. The molecule has 0 aromatic carbocycles. The molecule has 1 fully saturated rings. The number of carbonyl (C=O) groups is 1. The molecule has 0 aromatic rings. The Morgan fingerprint density at radius 2 is 1.88 bits per heavy atom. The normalized spacial score (nSPS) is 30.1. The second kappa shape index (κ2) is 6.21. The summed E-state index contributed by atoms with van der Waals surface area (Å²) in [6.45, 7) is 4.88. The van der Waals surface area contributed by atoms with Crippen LogP contribution in [0.5, 0.6) is 0 Å². The van der Waals surface area contributed by atoms with Crippen LogP contribution in [0.4, 0.5) is 0 Å². The molecule has 4 nitrogen and oxygen atoms in total. The number of methoxy groups -OCH3 is 1. The fraction of sp³-hybridized carbons (Fsp3) is 0.917. The molecule has 16 heavy (non-hydrogen) atoms. The van der Waals surface area contributed by atoms with Crippen molar-refractivity contribution in [3.8, 4) is 0 Å². The summed E-state index contributed by atoms with van der Waals surface area (Å²) < 4.78 is 16.1. The van der Waals surface area contributed by atoms with Crippen molar-refractivity contribution in [2.75, 3.05) is 20.3 Å². The third-order valence-corrected chi connectivity index (χ3v) is 3.15. The minimum absolute atomic E-state index is 0.0173. The van der Waals surface area contributed by atoms with E-state index < -0.39 is 5.79 Å². The number of hydrogen-bond acceptors (Lipinski definition) is 4. The van der Waals surface area contributed by atoms with Crippen LogP contribution in [-0.4, -0.2) is 32.1 Å². The lowest BCUT2D eigenvalue weighted by Gasteiger charge is -2.37. The largest absolute Gasteiger partial charge is 0.466 e. The van der Waals surface area contributed by atoms with Gasteiger partial charge >= 0.3 is 5.97 Å². The van der Waals surface area contributed by atoms with Gasteiger partial charge in [0.2, 0.25) is 0 Å². The van der Waals surface area contributed by atoms with Crippen molar-refractivity contribution in [2.45, 2.75) is 45.3 Å². The Labute approximate surface area is 97.2 Å². The minimum atomic E-state index is -0.474. The molecule has 0 heterocycles. The predicted molar refractivity (Wildman–Crippen MR) is 60.0 cm³/mol. The summed E-state index contributed by atoms with van der Waals surface area (Å²) >= 11 is 0. The quantitative estimate of drug-likeness (QED) is 0.536. The number of ether oxygens (including phenoxy) is 3. The van der Waals surface area contributed by atoms with E-state index in [-0.39, 0.29) is 11.9 Å². The highest BCUT2D eigenvalue weighted by Crippen LogP contribution is 2.35. The lowest BCUT2D eigenvalue weighted by molar-refractivity contribution is -0.240. The zero-order valence-corrected chi connectivity index (χ0v) is 10.5. The summed E-state index contributed by atoms with van der Waals surface area (Å²) in [6, 6.07) is 0. The van der Waals surface area contributed by atoms with Crippen LogP contribution in [0.15, 0.2) is 0 Å². The molecule has 0 amide bonds. The molecule has 4 heteroatoms. The molecule has 0 bridgehead atoms. The standard InChI is InChI=1S/C12H22O4/c1-4-15-11(13)10-6-8-12(14-3,9-7-10)16-5-2/h10H,4-9H2,1-3H3. The van der Waals surface area contributed by atoms with Gasteiger partial charge in [-0.1, -0.05) is 0 Å². The zero-order chi connectivity index (χ0) is 12.0. The summed E-state index contributed by atoms with van der Waals surface area (Å²) in [7, 11) is 1.67. The van der Waals surface area contributed by atoms with Gasteiger partial charge in [-0.05, 0) is 26.7 Å². The topological polar surface area (TPSA) is 44.8 Å². The molecule has 0 N–H and O–H groups in total. The second-order valence-electron chi connectivity index (χ2n) is 4.07. The van der Waals surface area contributed by atoms with E-state index in [4.69, 9.17) is 14.2 Å². The van der Waals surface area contributed by atoms with Crippen LogP contribution >= 0.6 is 0 Å². The van der Waals surface area contributed by atoms with Crippen LogP contribution in [0.3, 0.4) is 0 Å². The highest BCUT2D eigenvalue weighted by atomic mass is 16.7. The van der Waals surface area contributed by atoms with E-state index in [2.05, 4.69) is 0 Å². The van der Waals surface area contributed by atoms with Crippen LogP contribution in [0.1, 0.15) is 39.5 Å². The third kappa shape index (κ3) is 3.19. The van der Waals surface area contributed by atoms with Gasteiger partial charge in [0, 0.05) is 26.6 Å². The van der Waals surface area contributed by atoms with Crippen molar-refractivity contribution >= 4 is 5.97 Å². The molecule has 0 spiro atoms. The monoisotopic (exact) mass is 230 g/mol. The maximum absolute atomic E-state index is 11.6. The summed E-state index contributed by atoms with van der Waals surface area (Å²) in [6.07, 6.45) is 3.10. The van der Waals surface area contributed by atoms with Crippen LogP contribution in [0.2, 0.25) is 0 Å². The Hall–Kier alpha value is -0.610. The molecule has 1 rings (SSSR count). The van der Waals surface area contributed by atoms with E-state index in [9.17, 15) is 4.79 Å². The second-order valence-corrected chi connectivity index (χ2v) is 4.07. The number of esters is 1. The Morgan fingerprint density at radius 3 is 2.31 bits per heavy atom. The van der Waals surface area contributed by atoms with Gasteiger partial charge in [0.05, 0.1) is 12.5 Å². The Kier molecular flexibility index (Phi) is 5.22. The van der Waals surface area contributed by atoms with Crippen molar-refractivity contribution in [3.63, 3.8) is 0 Å². The molecular weight excluding hydrogens is 208 g/mol. The lowest BCUT2D eigenvalue weighted by atomic mass is 9.85. The number of rotatable bonds is 5. The predicted octanol–water partition coefficient (Wildman–Crippen LogP) is 2.12.